The van der Waals surface area contributed by atoms with E-state index < -0.39 is 64.4 Å². The number of hydrogen-bond donors (Lipinski definition) is 3. The molecule has 3 saturated heterocycles. The molecule has 4 aromatic rings. The molecule has 3 aromatic carbocycles. The Bertz CT molecular complexity index is 2740. The van der Waals surface area contributed by atoms with Gasteiger partial charge >= 0.3 is 6.18 Å². The van der Waals surface area contributed by atoms with Gasteiger partial charge in [0.15, 0.2) is 0 Å². The van der Waals surface area contributed by atoms with Crippen molar-refractivity contribution in [2.45, 2.75) is 88.8 Å². The van der Waals surface area contributed by atoms with Crippen LogP contribution < -0.4 is 26.0 Å². The van der Waals surface area contributed by atoms with Gasteiger partial charge in [-0.2, -0.15) is 13.2 Å². The summed E-state index contributed by atoms with van der Waals surface area (Å²) in [4.78, 5) is 76.9. The third kappa shape index (κ3) is 8.18. The molecule has 5 aliphatic heterocycles. The summed E-state index contributed by atoms with van der Waals surface area (Å²) < 4.78 is 64.6. The molecule has 5 atom stereocenters. The molecule has 5 amide bonds. The second-order valence-corrected chi connectivity index (χ2v) is 19.9. The molecule has 1 spiro atoms. The summed E-state index contributed by atoms with van der Waals surface area (Å²) in [5.74, 6) is -3.77. The van der Waals surface area contributed by atoms with E-state index in [0.717, 1.165) is 23.4 Å². The standard InChI is InChI=1S/C49H51ClF4N8O6/c1-47(2,3)21-38-48(25-57-33-20-37(49(52,53)54)56-22-31(33)48)40(30-6-5-7-32(50)41(30)51)42(43(55)64)62(38)34-11-9-27(19-36(34)68-4)45(66)60-16-14-59(15-17-60)23-26-8-10-29-28(18-26)24-61(46(29)67)35-12-13-39(63)58-44(35)65/h5-11,18-20,22,35,38,40,42,57H,12-17,21,23-25H2,1-4H3,(H2,55,64)(H,58,63,65)/t35?,38-,40-,42+,48-/m0/s1. The number of imide groups is 1. The topological polar surface area (TPSA) is 171 Å². The fourth-order valence-electron chi connectivity index (χ4n) is 11.1. The summed E-state index contributed by atoms with van der Waals surface area (Å²) in [5, 5.41) is 5.29. The fraction of sp³-hybridized carbons (Fsp3) is 0.429. The number of methoxy groups -OCH3 is 1. The Balaban J connectivity index is 0.987. The van der Waals surface area contributed by atoms with Crippen LogP contribution in [0.4, 0.5) is 28.9 Å². The van der Waals surface area contributed by atoms with Gasteiger partial charge in [-0.3, -0.25) is 39.2 Å². The van der Waals surface area contributed by atoms with Gasteiger partial charge in [-0.15, -0.1) is 0 Å². The van der Waals surface area contributed by atoms with Gasteiger partial charge in [0.25, 0.3) is 11.8 Å². The molecule has 19 heteroatoms. The Kier molecular flexibility index (Phi) is 12.0. The second-order valence-electron chi connectivity index (χ2n) is 19.5. The Morgan fingerprint density at radius 1 is 1.00 bits per heavy atom. The van der Waals surface area contributed by atoms with E-state index in [-0.39, 0.29) is 65.7 Å². The van der Waals surface area contributed by atoms with Crippen molar-refractivity contribution in [2.75, 3.05) is 50.1 Å². The molecule has 1 aromatic heterocycles. The molecule has 0 saturated carbocycles. The first-order valence-corrected chi connectivity index (χ1v) is 22.9. The van der Waals surface area contributed by atoms with Crippen LogP contribution in [0.3, 0.4) is 0 Å². The van der Waals surface area contributed by atoms with Crippen LogP contribution in [-0.2, 0) is 39.1 Å². The summed E-state index contributed by atoms with van der Waals surface area (Å²) in [6, 6.07) is 13.2. The normalized spacial score (nSPS) is 24.0. The lowest BCUT2D eigenvalue weighted by atomic mass is 9.63. The van der Waals surface area contributed by atoms with Gasteiger partial charge in [0.1, 0.15) is 29.3 Å². The van der Waals surface area contributed by atoms with Crippen LogP contribution >= 0.6 is 11.6 Å². The van der Waals surface area contributed by atoms with Crippen molar-refractivity contribution in [1.29, 1.82) is 0 Å². The third-order valence-corrected chi connectivity index (χ3v) is 14.4. The molecular weight excluding hydrogens is 908 g/mol. The van der Waals surface area contributed by atoms with Gasteiger partial charge in [-0.05, 0) is 71.3 Å². The molecule has 3 fully saturated rings. The van der Waals surface area contributed by atoms with E-state index in [9.17, 15) is 37.1 Å². The van der Waals surface area contributed by atoms with Crippen LogP contribution in [-0.4, -0.2) is 107 Å². The lowest BCUT2D eigenvalue weighted by Crippen LogP contribution is -2.52. The number of amides is 5. The van der Waals surface area contributed by atoms with Crippen LogP contribution in [0.5, 0.6) is 5.75 Å². The summed E-state index contributed by atoms with van der Waals surface area (Å²) in [6.07, 6.45) is -2.78. The van der Waals surface area contributed by atoms with Gasteiger partial charge in [0.2, 0.25) is 17.7 Å². The quantitative estimate of drug-likeness (QED) is 0.129. The van der Waals surface area contributed by atoms with Gasteiger partial charge in [-0.1, -0.05) is 56.6 Å². The zero-order valence-electron chi connectivity index (χ0n) is 37.9. The third-order valence-electron chi connectivity index (χ3n) is 14.1. The molecule has 9 rings (SSSR count). The Morgan fingerprint density at radius 2 is 1.75 bits per heavy atom. The number of piperazine rings is 1. The summed E-state index contributed by atoms with van der Waals surface area (Å²) in [7, 11) is 1.43. The molecule has 0 aliphatic carbocycles. The minimum atomic E-state index is -4.74. The highest BCUT2D eigenvalue weighted by Crippen LogP contribution is 2.61. The maximum atomic E-state index is 16.5. The highest BCUT2D eigenvalue weighted by Gasteiger charge is 2.66. The minimum absolute atomic E-state index is 0.00312. The van der Waals surface area contributed by atoms with Gasteiger partial charge < -0.3 is 30.5 Å². The number of carbonyl (C=O) groups is 5. The monoisotopic (exact) mass is 958 g/mol. The molecule has 4 N–H and O–H groups in total. The molecule has 68 heavy (non-hydrogen) atoms. The largest absolute Gasteiger partial charge is 0.495 e. The predicted molar refractivity (Wildman–Crippen MR) is 244 cm³/mol. The number of fused-ring (bicyclic) bond motifs is 3. The number of nitrogens with two attached hydrogens (primary N) is 1. The van der Waals surface area contributed by atoms with Crippen molar-refractivity contribution in [1.82, 2.24) is 25.0 Å². The summed E-state index contributed by atoms with van der Waals surface area (Å²) in [6.45, 7) is 8.74. The highest BCUT2D eigenvalue weighted by atomic mass is 35.5. The number of piperidine rings is 1. The van der Waals surface area contributed by atoms with Crippen LogP contribution in [0.15, 0.2) is 66.9 Å². The van der Waals surface area contributed by atoms with Gasteiger partial charge in [0.05, 0.1) is 17.8 Å². The summed E-state index contributed by atoms with van der Waals surface area (Å²) in [5.41, 5.74) is 7.07. The number of halogens is 5. The van der Waals surface area contributed by atoms with Crippen molar-refractivity contribution in [3.63, 3.8) is 0 Å². The average molecular weight is 959 g/mol. The second kappa shape index (κ2) is 17.4. The number of hydrogen-bond acceptors (Lipinski definition) is 10. The number of benzene rings is 3. The number of ether oxygens (including phenoxy) is 1. The van der Waals surface area contributed by atoms with Crippen molar-refractivity contribution in [3.8, 4) is 5.75 Å². The van der Waals surface area contributed by atoms with Crippen LogP contribution in [0.1, 0.15) is 94.6 Å². The number of nitrogens with zero attached hydrogens (tertiary/aromatic N) is 5. The van der Waals surface area contributed by atoms with E-state index in [1.807, 2.05) is 32.9 Å². The Morgan fingerprint density at radius 3 is 2.43 bits per heavy atom. The number of aromatic nitrogens is 1. The molecular formula is C49H51ClF4N8O6. The lowest BCUT2D eigenvalue weighted by molar-refractivity contribution is -0.141. The smallest absolute Gasteiger partial charge is 0.433 e. The number of nitrogens with one attached hydrogen (secondary N) is 2. The van der Waals surface area contributed by atoms with E-state index in [2.05, 4.69) is 20.5 Å². The number of rotatable bonds is 9. The first-order chi connectivity index (χ1) is 32.2. The zero-order chi connectivity index (χ0) is 48.6. The number of pyridine rings is 1. The van der Waals surface area contributed by atoms with Crippen LogP contribution in [0.25, 0.3) is 0 Å². The zero-order valence-corrected chi connectivity index (χ0v) is 38.6. The minimum Gasteiger partial charge on any atom is -0.495 e. The number of alkyl halides is 3. The molecule has 5 aliphatic rings. The molecule has 6 heterocycles. The van der Waals surface area contributed by atoms with Crippen LogP contribution in [0.2, 0.25) is 5.02 Å². The SMILES string of the molecule is COc1cc(C(=O)N2CCN(Cc3ccc4c(c3)CN(C3CCC(=O)NC3=O)C4=O)CC2)ccc1N1[C@@H](CC(C)(C)C)[C@@]2(CNc3cc(C(F)(F)F)ncc32)[C@@H](c2cccc(Cl)c2F)[C@@H]1C(N)=O. The van der Waals surface area contributed by atoms with E-state index in [0.29, 0.717) is 61.5 Å². The maximum absolute atomic E-state index is 16.5. The van der Waals surface area contributed by atoms with E-state index >= 15 is 4.39 Å². The molecule has 14 nitrogen and oxygen atoms in total. The average Bonchev–Trinajstić information content (AvgIpc) is 3.92. The van der Waals surface area contributed by atoms with Gasteiger partial charge in [-0.25, -0.2) is 4.39 Å². The van der Waals surface area contributed by atoms with Gasteiger partial charge in [0, 0.05) is 98.2 Å². The Labute approximate surface area is 395 Å². The fourth-order valence-corrected chi connectivity index (χ4v) is 11.3. The highest BCUT2D eigenvalue weighted by molar-refractivity contribution is 6.30. The van der Waals surface area contributed by atoms with E-state index in [1.165, 1.54) is 24.1 Å². The van der Waals surface area contributed by atoms with E-state index in [4.69, 9.17) is 22.1 Å². The lowest BCUT2D eigenvalue weighted by Gasteiger charge is -2.41. The van der Waals surface area contributed by atoms with Crippen LogP contribution in [0, 0.1) is 11.2 Å². The molecule has 0 bridgehead atoms. The van der Waals surface area contributed by atoms with Crippen molar-refractivity contribution in [3.05, 3.63) is 117 Å². The number of anilines is 2. The van der Waals surface area contributed by atoms with Crippen molar-refractivity contribution < 1.29 is 46.3 Å². The molecule has 358 valence electrons. The Hall–Kier alpha value is -6.27. The first kappa shape index (κ1) is 46.8. The predicted octanol–water partition coefficient (Wildman–Crippen LogP) is 6.25. The van der Waals surface area contributed by atoms with Crippen molar-refractivity contribution >= 4 is 52.5 Å². The number of carbonyl (C=O) groups excluding carboxylic acids is 5. The maximum Gasteiger partial charge on any atom is 0.433 e. The molecule has 1 unspecified atom stereocenters. The number of primary amides is 1. The summed E-state index contributed by atoms with van der Waals surface area (Å²) >= 11 is 6.40. The molecule has 0 radical (unpaired) electrons. The van der Waals surface area contributed by atoms with Crippen molar-refractivity contribution in [2.24, 2.45) is 11.1 Å². The van der Waals surface area contributed by atoms with E-state index in [1.54, 1.807) is 40.1 Å². The first-order valence-electron chi connectivity index (χ1n) is 22.5.